The summed E-state index contributed by atoms with van der Waals surface area (Å²) in [6, 6.07) is 9.83. The second kappa shape index (κ2) is 10.4. The minimum absolute atomic E-state index is 0.00279. The first-order chi connectivity index (χ1) is 14.5. The van der Waals surface area contributed by atoms with E-state index < -0.39 is 11.7 Å². The molecule has 1 fully saturated rings. The van der Waals surface area contributed by atoms with Crippen LogP contribution in [0.2, 0.25) is 5.02 Å². The zero-order valence-electron chi connectivity index (χ0n) is 17.0. The molecule has 6 heteroatoms. The van der Waals surface area contributed by atoms with Crippen molar-refractivity contribution in [2.75, 3.05) is 14.2 Å². The summed E-state index contributed by atoms with van der Waals surface area (Å²) in [5.41, 5.74) is 1.38. The van der Waals surface area contributed by atoms with Crippen molar-refractivity contribution in [1.29, 1.82) is 0 Å². The highest BCUT2D eigenvalue weighted by Gasteiger charge is 2.21. The van der Waals surface area contributed by atoms with E-state index in [0.717, 1.165) is 31.2 Å². The van der Waals surface area contributed by atoms with Crippen LogP contribution in [0, 0.1) is 17.7 Å². The molecule has 1 aliphatic rings. The average Bonchev–Trinajstić information content (AvgIpc) is 3.26. The molecule has 30 heavy (non-hydrogen) atoms. The first-order valence-electron chi connectivity index (χ1n) is 9.88. The van der Waals surface area contributed by atoms with Gasteiger partial charge < -0.3 is 14.2 Å². The standard InChI is InChI=1S/C24H24ClFO4/c1-28-22-12-10-17(14-23(22)30-19-5-3-4-6-19)18(15-24(27)29-2)9-7-16-8-11-21(26)20(25)13-16/h8,10-14,18-19H,3-6,15H2,1-2H3/t18-/m0/s1. The number of rotatable bonds is 6. The fourth-order valence-corrected chi connectivity index (χ4v) is 3.61. The molecule has 2 aromatic carbocycles. The summed E-state index contributed by atoms with van der Waals surface area (Å²) in [6.45, 7) is 0. The van der Waals surface area contributed by atoms with E-state index in [2.05, 4.69) is 11.8 Å². The van der Waals surface area contributed by atoms with Crippen LogP contribution in [0.4, 0.5) is 4.39 Å². The number of halogens is 2. The molecule has 1 aliphatic carbocycles. The van der Waals surface area contributed by atoms with Crippen LogP contribution in [0.3, 0.4) is 0 Å². The van der Waals surface area contributed by atoms with Crippen LogP contribution in [0.25, 0.3) is 0 Å². The molecule has 0 amide bonds. The average molecular weight is 431 g/mol. The Morgan fingerprint density at radius 2 is 1.93 bits per heavy atom. The summed E-state index contributed by atoms with van der Waals surface area (Å²) in [5, 5.41) is 0.00279. The second-order valence-corrected chi connectivity index (χ2v) is 7.57. The Morgan fingerprint density at radius 3 is 2.60 bits per heavy atom. The molecule has 0 unspecified atom stereocenters. The van der Waals surface area contributed by atoms with Crippen molar-refractivity contribution in [3.8, 4) is 23.3 Å². The Hall–Kier alpha value is -2.71. The van der Waals surface area contributed by atoms with Crippen molar-refractivity contribution in [3.63, 3.8) is 0 Å². The topological polar surface area (TPSA) is 44.8 Å². The molecule has 0 radical (unpaired) electrons. The third kappa shape index (κ3) is 5.67. The van der Waals surface area contributed by atoms with Crippen LogP contribution in [0.15, 0.2) is 36.4 Å². The van der Waals surface area contributed by atoms with E-state index in [-0.39, 0.29) is 23.5 Å². The lowest BCUT2D eigenvalue weighted by Crippen LogP contribution is -2.12. The molecule has 4 nitrogen and oxygen atoms in total. The van der Waals surface area contributed by atoms with Gasteiger partial charge in [-0.2, -0.15) is 0 Å². The van der Waals surface area contributed by atoms with Gasteiger partial charge in [-0.05, 0) is 61.6 Å². The molecular formula is C24H24ClFO4. The summed E-state index contributed by atoms with van der Waals surface area (Å²) in [7, 11) is 2.94. The molecule has 0 saturated heterocycles. The molecular weight excluding hydrogens is 407 g/mol. The molecule has 0 N–H and O–H groups in total. The van der Waals surface area contributed by atoms with Gasteiger partial charge in [0.15, 0.2) is 11.5 Å². The number of hydrogen-bond acceptors (Lipinski definition) is 4. The molecule has 158 valence electrons. The van der Waals surface area contributed by atoms with E-state index in [9.17, 15) is 9.18 Å². The van der Waals surface area contributed by atoms with Crippen LogP contribution < -0.4 is 9.47 Å². The van der Waals surface area contributed by atoms with Gasteiger partial charge in [0.2, 0.25) is 0 Å². The second-order valence-electron chi connectivity index (χ2n) is 7.17. The number of carbonyl (C=O) groups is 1. The van der Waals surface area contributed by atoms with E-state index in [1.165, 1.54) is 19.2 Å². The highest BCUT2D eigenvalue weighted by Crippen LogP contribution is 2.35. The van der Waals surface area contributed by atoms with Gasteiger partial charge in [-0.3, -0.25) is 4.79 Å². The monoisotopic (exact) mass is 430 g/mol. The smallest absolute Gasteiger partial charge is 0.307 e. The third-order valence-corrected chi connectivity index (χ3v) is 5.38. The van der Waals surface area contributed by atoms with Crippen LogP contribution in [-0.4, -0.2) is 26.3 Å². The lowest BCUT2D eigenvalue weighted by molar-refractivity contribution is -0.140. The number of benzene rings is 2. The first-order valence-corrected chi connectivity index (χ1v) is 10.3. The summed E-state index contributed by atoms with van der Waals surface area (Å²) in [6.07, 6.45) is 4.59. The predicted molar refractivity (Wildman–Crippen MR) is 114 cm³/mol. The molecule has 0 heterocycles. The number of hydrogen-bond donors (Lipinski definition) is 0. The lowest BCUT2D eigenvalue weighted by Gasteiger charge is -2.18. The molecule has 0 aromatic heterocycles. The third-order valence-electron chi connectivity index (χ3n) is 5.09. The molecule has 2 aromatic rings. The van der Waals surface area contributed by atoms with Crippen molar-refractivity contribution < 1.29 is 23.4 Å². The lowest BCUT2D eigenvalue weighted by atomic mass is 9.95. The number of ether oxygens (including phenoxy) is 3. The van der Waals surface area contributed by atoms with E-state index >= 15 is 0 Å². The van der Waals surface area contributed by atoms with Gasteiger partial charge in [0.05, 0.1) is 37.7 Å². The maximum Gasteiger partial charge on any atom is 0.307 e. The molecule has 3 rings (SSSR count). The Kier molecular flexibility index (Phi) is 7.59. The SMILES string of the molecule is COC(=O)C[C@H](C#Cc1ccc(F)c(Cl)c1)c1ccc(OC)c(OC2CCCC2)c1. The van der Waals surface area contributed by atoms with Gasteiger partial charge in [-0.1, -0.05) is 29.5 Å². The number of esters is 1. The summed E-state index contributed by atoms with van der Waals surface area (Å²) >= 11 is 5.84. The van der Waals surface area contributed by atoms with Gasteiger partial charge >= 0.3 is 5.97 Å². The molecule has 1 atom stereocenters. The largest absolute Gasteiger partial charge is 0.493 e. The highest BCUT2D eigenvalue weighted by atomic mass is 35.5. The Bertz CT molecular complexity index is 957. The minimum Gasteiger partial charge on any atom is -0.493 e. The van der Waals surface area contributed by atoms with E-state index in [1.54, 1.807) is 13.2 Å². The summed E-state index contributed by atoms with van der Waals surface area (Å²) < 4.78 is 29.8. The zero-order valence-corrected chi connectivity index (χ0v) is 17.8. The fourth-order valence-electron chi connectivity index (χ4n) is 3.43. The Balaban J connectivity index is 1.91. The molecule has 0 spiro atoms. The van der Waals surface area contributed by atoms with Crippen LogP contribution in [0.5, 0.6) is 11.5 Å². The van der Waals surface area contributed by atoms with Gasteiger partial charge in [-0.25, -0.2) is 4.39 Å². The molecule has 0 aliphatic heterocycles. The van der Waals surface area contributed by atoms with Gasteiger partial charge in [0.1, 0.15) is 5.82 Å². The van der Waals surface area contributed by atoms with Crippen LogP contribution in [-0.2, 0) is 9.53 Å². The van der Waals surface area contributed by atoms with Crippen molar-refractivity contribution in [2.24, 2.45) is 0 Å². The van der Waals surface area contributed by atoms with E-state index in [0.29, 0.717) is 17.1 Å². The van der Waals surface area contributed by atoms with Crippen molar-refractivity contribution in [1.82, 2.24) is 0 Å². The Morgan fingerprint density at radius 1 is 1.17 bits per heavy atom. The molecule has 0 bridgehead atoms. The maximum absolute atomic E-state index is 13.4. The van der Waals surface area contributed by atoms with E-state index in [1.807, 2.05) is 18.2 Å². The number of methoxy groups -OCH3 is 2. The summed E-state index contributed by atoms with van der Waals surface area (Å²) in [5.74, 6) is 6.05. The van der Waals surface area contributed by atoms with Crippen LogP contribution in [0.1, 0.15) is 49.1 Å². The predicted octanol–water partition coefficient (Wildman–Crippen LogP) is 5.51. The van der Waals surface area contributed by atoms with Gasteiger partial charge in [0, 0.05) is 5.56 Å². The van der Waals surface area contributed by atoms with Crippen LogP contribution >= 0.6 is 11.6 Å². The zero-order chi connectivity index (χ0) is 21.5. The van der Waals surface area contributed by atoms with E-state index in [4.69, 9.17) is 25.8 Å². The first kappa shape index (κ1) is 22.0. The van der Waals surface area contributed by atoms with Crippen molar-refractivity contribution >= 4 is 17.6 Å². The van der Waals surface area contributed by atoms with Crippen molar-refractivity contribution in [2.45, 2.75) is 44.1 Å². The molecule has 1 saturated carbocycles. The number of carbonyl (C=O) groups excluding carboxylic acids is 1. The quantitative estimate of drug-likeness (QED) is 0.448. The minimum atomic E-state index is -0.503. The summed E-state index contributed by atoms with van der Waals surface area (Å²) in [4.78, 5) is 12.0. The van der Waals surface area contributed by atoms with Gasteiger partial charge in [0.25, 0.3) is 0 Å². The van der Waals surface area contributed by atoms with Crippen molar-refractivity contribution in [3.05, 3.63) is 58.4 Å². The highest BCUT2D eigenvalue weighted by molar-refractivity contribution is 6.30. The Labute approximate surface area is 181 Å². The maximum atomic E-state index is 13.4. The fraction of sp³-hybridized carbons (Fsp3) is 0.375. The normalized spacial score (nSPS) is 14.5. The van der Waals surface area contributed by atoms with Gasteiger partial charge in [-0.15, -0.1) is 0 Å².